The molecule has 0 amide bonds. The van der Waals surface area contributed by atoms with Gasteiger partial charge in [0.15, 0.2) is 0 Å². The molecule has 1 aromatic carbocycles. The maximum Gasteiger partial charge on any atom is 0.262 e. The van der Waals surface area contributed by atoms with Gasteiger partial charge in [-0.15, -0.1) is 0 Å². The lowest BCUT2D eigenvalue weighted by Gasteiger charge is -2.03. The van der Waals surface area contributed by atoms with E-state index >= 15 is 0 Å². The molecule has 1 aromatic rings. The number of rotatable bonds is 2. The van der Waals surface area contributed by atoms with E-state index in [0.717, 1.165) is 0 Å². The first-order valence-electron chi connectivity index (χ1n) is 4.22. The summed E-state index contributed by atoms with van der Waals surface area (Å²) in [5.41, 5.74) is 1.18. The average Bonchev–Trinajstić information content (AvgIpc) is 2.83. The van der Waals surface area contributed by atoms with Crippen molar-refractivity contribution in [2.75, 3.05) is 0 Å². The molecule has 0 bridgehead atoms. The molecule has 2 nitrogen and oxygen atoms in total. The Labute approximate surface area is 95.8 Å². The van der Waals surface area contributed by atoms with Crippen molar-refractivity contribution in [1.82, 2.24) is 0 Å². The van der Waals surface area contributed by atoms with Gasteiger partial charge in [0.1, 0.15) is 0 Å². The van der Waals surface area contributed by atoms with E-state index in [9.17, 15) is 8.42 Å². The fourth-order valence-corrected chi connectivity index (χ4v) is 3.63. The summed E-state index contributed by atoms with van der Waals surface area (Å²) in [5.74, 6) is 0.610. The third-order valence-electron chi connectivity index (χ3n) is 2.27. The van der Waals surface area contributed by atoms with Crippen molar-refractivity contribution in [2.24, 2.45) is 0 Å². The Morgan fingerprint density at radius 3 is 2.43 bits per heavy atom. The van der Waals surface area contributed by atoms with Gasteiger partial charge in [-0.1, -0.05) is 6.07 Å². The molecule has 76 valence electrons. The van der Waals surface area contributed by atoms with Gasteiger partial charge in [0, 0.05) is 15.2 Å². The van der Waals surface area contributed by atoms with E-state index in [1.165, 1.54) is 18.4 Å². The highest BCUT2D eigenvalue weighted by Crippen LogP contribution is 2.41. The molecule has 0 heterocycles. The van der Waals surface area contributed by atoms with Crippen LogP contribution in [0, 0.1) is 0 Å². The largest absolute Gasteiger partial charge is 0.262 e. The van der Waals surface area contributed by atoms with Gasteiger partial charge >= 0.3 is 0 Å². The van der Waals surface area contributed by atoms with Crippen LogP contribution in [0.3, 0.4) is 0 Å². The molecule has 1 aliphatic carbocycles. The topological polar surface area (TPSA) is 34.1 Å². The second kappa shape index (κ2) is 3.51. The van der Waals surface area contributed by atoms with Crippen molar-refractivity contribution < 1.29 is 8.42 Å². The molecule has 2 rings (SSSR count). The molecule has 0 atom stereocenters. The van der Waals surface area contributed by atoms with Crippen LogP contribution in [0.2, 0.25) is 0 Å². The summed E-state index contributed by atoms with van der Waals surface area (Å²) in [5, 5.41) is 0. The SMILES string of the molecule is O=S(=O)(Cl)c1ccc(C2CC2)cc1Br. The molecule has 0 unspecified atom stereocenters. The lowest BCUT2D eigenvalue weighted by Crippen LogP contribution is -1.93. The minimum atomic E-state index is -3.63. The molecule has 5 heteroatoms. The molecular weight excluding hydrogens is 288 g/mol. The molecule has 0 N–H and O–H groups in total. The standard InChI is InChI=1S/C9H8BrClO2S/c10-8-5-7(6-1-2-6)3-4-9(8)14(11,12)13/h3-6H,1-2H2. The van der Waals surface area contributed by atoms with Gasteiger partial charge in [0.05, 0.1) is 4.90 Å². The molecule has 0 aromatic heterocycles. The second-order valence-corrected chi connectivity index (χ2v) is 6.79. The molecular formula is C9H8BrClO2S. The van der Waals surface area contributed by atoms with Crippen LogP contribution in [0.5, 0.6) is 0 Å². The van der Waals surface area contributed by atoms with Crippen molar-refractivity contribution in [3.8, 4) is 0 Å². The summed E-state index contributed by atoms with van der Waals surface area (Å²) in [6.45, 7) is 0. The first-order chi connectivity index (χ1) is 6.48. The van der Waals surface area contributed by atoms with Gasteiger partial charge in [-0.2, -0.15) is 0 Å². The van der Waals surface area contributed by atoms with Crippen molar-refractivity contribution in [1.29, 1.82) is 0 Å². The van der Waals surface area contributed by atoms with Crippen molar-refractivity contribution in [3.63, 3.8) is 0 Å². The zero-order valence-electron chi connectivity index (χ0n) is 7.20. The second-order valence-electron chi connectivity index (χ2n) is 3.40. The Bertz CT molecular complexity index is 466. The highest BCUT2D eigenvalue weighted by molar-refractivity contribution is 9.10. The van der Waals surface area contributed by atoms with Crippen LogP contribution in [-0.2, 0) is 9.05 Å². The van der Waals surface area contributed by atoms with Crippen LogP contribution in [0.4, 0.5) is 0 Å². The zero-order chi connectivity index (χ0) is 10.3. The van der Waals surface area contributed by atoms with Crippen LogP contribution in [-0.4, -0.2) is 8.42 Å². The summed E-state index contributed by atoms with van der Waals surface area (Å²) in [7, 11) is 1.62. The van der Waals surface area contributed by atoms with Gasteiger partial charge < -0.3 is 0 Å². The van der Waals surface area contributed by atoms with E-state index < -0.39 is 9.05 Å². The number of benzene rings is 1. The molecule has 0 aliphatic heterocycles. The van der Waals surface area contributed by atoms with E-state index in [1.807, 2.05) is 12.1 Å². The van der Waals surface area contributed by atoms with E-state index in [4.69, 9.17) is 10.7 Å². The van der Waals surface area contributed by atoms with Crippen molar-refractivity contribution in [3.05, 3.63) is 28.2 Å². The number of hydrogen-bond donors (Lipinski definition) is 0. The van der Waals surface area contributed by atoms with Crippen LogP contribution in [0.1, 0.15) is 24.3 Å². The van der Waals surface area contributed by atoms with Crippen LogP contribution >= 0.6 is 26.6 Å². The average molecular weight is 296 g/mol. The first-order valence-corrected chi connectivity index (χ1v) is 7.33. The molecule has 0 spiro atoms. The molecule has 1 saturated carbocycles. The third-order valence-corrected chi connectivity index (χ3v) is 4.57. The van der Waals surface area contributed by atoms with Gasteiger partial charge in [0.25, 0.3) is 9.05 Å². The van der Waals surface area contributed by atoms with Gasteiger partial charge in [-0.05, 0) is 52.4 Å². The highest BCUT2D eigenvalue weighted by atomic mass is 79.9. The predicted octanol–water partition coefficient (Wildman–Crippen LogP) is 3.25. The Morgan fingerprint density at radius 2 is 2.00 bits per heavy atom. The summed E-state index contributed by atoms with van der Waals surface area (Å²) in [6, 6.07) is 5.23. The monoisotopic (exact) mass is 294 g/mol. The zero-order valence-corrected chi connectivity index (χ0v) is 10.4. The molecule has 0 saturated heterocycles. The summed E-state index contributed by atoms with van der Waals surface area (Å²) in [4.78, 5) is 0.142. The highest BCUT2D eigenvalue weighted by Gasteiger charge is 2.25. The lowest BCUT2D eigenvalue weighted by molar-refractivity contribution is 0.609. The van der Waals surface area contributed by atoms with Gasteiger partial charge in [-0.3, -0.25) is 0 Å². The van der Waals surface area contributed by atoms with E-state index in [2.05, 4.69) is 15.9 Å². The minimum Gasteiger partial charge on any atom is -0.207 e. The fourth-order valence-electron chi connectivity index (χ4n) is 1.39. The van der Waals surface area contributed by atoms with Crippen LogP contribution < -0.4 is 0 Å². The summed E-state index contributed by atoms with van der Waals surface area (Å²) in [6.07, 6.45) is 2.39. The van der Waals surface area contributed by atoms with Crippen molar-refractivity contribution in [2.45, 2.75) is 23.7 Å². The first kappa shape index (κ1) is 10.5. The summed E-state index contributed by atoms with van der Waals surface area (Å²) >= 11 is 3.22. The van der Waals surface area contributed by atoms with E-state index in [0.29, 0.717) is 10.4 Å². The number of halogens is 2. The molecule has 0 radical (unpaired) electrons. The van der Waals surface area contributed by atoms with Gasteiger partial charge in [-0.25, -0.2) is 8.42 Å². The normalized spacial score (nSPS) is 17.0. The van der Waals surface area contributed by atoms with Crippen LogP contribution in [0.15, 0.2) is 27.6 Å². The Morgan fingerprint density at radius 1 is 1.36 bits per heavy atom. The predicted molar refractivity (Wildman–Crippen MR) is 59.2 cm³/mol. The quantitative estimate of drug-likeness (QED) is 0.785. The Kier molecular flexibility index (Phi) is 2.62. The van der Waals surface area contributed by atoms with Crippen molar-refractivity contribution >= 4 is 35.7 Å². The van der Waals surface area contributed by atoms with Crippen LogP contribution in [0.25, 0.3) is 0 Å². The maximum absolute atomic E-state index is 11.1. The molecule has 14 heavy (non-hydrogen) atoms. The fraction of sp³-hybridized carbons (Fsp3) is 0.333. The summed E-state index contributed by atoms with van der Waals surface area (Å²) < 4.78 is 22.7. The lowest BCUT2D eigenvalue weighted by atomic mass is 10.1. The van der Waals surface area contributed by atoms with E-state index in [-0.39, 0.29) is 4.90 Å². The smallest absolute Gasteiger partial charge is 0.207 e. The third kappa shape index (κ3) is 2.12. The maximum atomic E-state index is 11.1. The Balaban J connectivity index is 2.46. The minimum absolute atomic E-state index is 0.142. The van der Waals surface area contributed by atoms with E-state index in [1.54, 1.807) is 6.07 Å². The van der Waals surface area contributed by atoms with Gasteiger partial charge in [0.2, 0.25) is 0 Å². The Hall–Kier alpha value is -0.0600. The molecule has 1 aliphatic rings. The molecule has 1 fully saturated rings. The number of hydrogen-bond acceptors (Lipinski definition) is 2.